The lowest BCUT2D eigenvalue weighted by Gasteiger charge is -2.12. The summed E-state index contributed by atoms with van der Waals surface area (Å²) in [6.07, 6.45) is 0.207. The summed E-state index contributed by atoms with van der Waals surface area (Å²) in [4.78, 5) is 22.1. The second-order valence-corrected chi connectivity index (χ2v) is 2.78. The first-order valence-corrected chi connectivity index (χ1v) is 4.87. The predicted octanol–water partition coefficient (Wildman–Crippen LogP) is 0.240. The molecule has 15 heavy (non-hydrogen) atoms. The van der Waals surface area contributed by atoms with Crippen LogP contribution in [0.15, 0.2) is 0 Å². The summed E-state index contributed by atoms with van der Waals surface area (Å²) in [6, 6.07) is -0.880. The molecule has 0 aromatic carbocycles. The number of carbonyl (C=O) groups is 2. The molecule has 0 heterocycles. The molecule has 0 aliphatic heterocycles. The molecule has 0 saturated carbocycles. The van der Waals surface area contributed by atoms with Gasteiger partial charge in [-0.15, -0.1) is 0 Å². The van der Waals surface area contributed by atoms with Crippen molar-refractivity contribution in [1.29, 1.82) is 0 Å². The minimum absolute atomic E-state index is 0.0604. The minimum Gasteiger partial charge on any atom is -0.466 e. The Balaban J connectivity index is 3.89. The Morgan fingerprint density at radius 2 is 1.87 bits per heavy atom. The van der Waals surface area contributed by atoms with Gasteiger partial charge in [-0.1, -0.05) is 0 Å². The van der Waals surface area contributed by atoms with Gasteiger partial charge >= 0.3 is 11.9 Å². The highest BCUT2D eigenvalue weighted by molar-refractivity contribution is 5.77. The van der Waals surface area contributed by atoms with Crippen LogP contribution >= 0.6 is 0 Å². The third-order valence-corrected chi connectivity index (χ3v) is 1.67. The van der Waals surface area contributed by atoms with Crippen LogP contribution in [0.5, 0.6) is 0 Å². The second-order valence-electron chi connectivity index (χ2n) is 2.78. The Hall–Kier alpha value is -1.14. The highest BCUT2D eigenvalue weighted by Crippen LogP contribution is 2.01. The van der Waals surface area contributed by atoms with Crippen molar-refractivity contribution in [2.45, 2.75) is 32.7 Å². The molecule has 0 radical (unpaired) electrons. The van der Waals surface area contributed by atoms with Crippen LogP contribution in [0.25, 0.3) is 0 Å². The molecular weight excluding hydrogens is 202 g/mol. The van der Waals surface area contributed by atoms with Gasteiger partial charge in [-0.25, -0.2) is 0 Å². The molecule has 1 unspecified atom stereocenters. The Bertz CT molecular complexity index is 207. The molecule has 0 rings (SSSR count). The summed E-state index contributed by atoms with van der Waals surface area (Å²) in [5.41, 5.74) is 1.80. The van der Waals surface area contributed by atoms with Gasteiger partial charge in [0.15, 0.2) is 0 Å². The van der Waals surface area contributed by atoms with Crippen molar-refractivity contribution in [2.75, 3.05) is 13.2 Å². The van der Waals surface area contributed by atoms with E-state index in [9.17, 15) is 9.59 Å². The number of hydrogen-bond donors (Lipinski definition) is 2. The third kappa shape index (κ3) is 6.03. The largest absolute Gasteiger partial charge is 0.466 e. The number of carbonyl (C=O) groups excluding carboxylic acids is 2. The number of hydroxylamine groups is 1. The zero-order chi connectivity index (χ0) is 11.7. The smallest absolute Gasteiger partial charge is 0.325 e. The van der Waals surface area contributed by atoms with Crippen LogP contribution in [0, 0.1) is 0 Å². The molecule has 0 aliphatic carbocycles. The molecule has 0 saturated heterocycles. The van der Waals surface area contributed by atoms with Crippen molar-refractivity contribution < 1.29 is 24.3 Å². The van der Waals surface area contributed by atoms with Crippen LogP contribution in [0.1, 0.15) is 26.7 Å². The van der Waals surface area contributed by atoms with Crippen LogP contribution in [-0.4, -0.2) is 36.4 Å². The molecule has 1 atom stereocenters. The summed E-state index contributed by atoms with van der Waals surface area (Å²) >= 11 is 0. The quantitative estimate of drug-likeness (QED) is 0.471. The average molecular weight is 219 g/mol. The number of nitrogens with one attached hydrogen (secondary N) is 1. The average Bonchev–Trinajstić information content (AvgIpc) is 2.19. The maximum absolute atomic E-state index is 11.1. The molecule has 0 fully saturated rings. The maximum Gasteiger partial charge on any atom is 0.325 e. The lowest BCUT2D eigenvalue weighted by atomic mass is 10.2. The van der Waals surface area contributed by atoms with Crippen LogP contribution in [0.4, 0.5) is 0 Å². The first-order chi connectivity index (χ1) is 7.15. The van der Waals surface area contributed by atoms with Gasteiger partial charge in [-0.3, -0.25) is 9.59 Å². The van der Waals surface area contributed by atoms with Gasteiger partial charge in [0, 0.05) is 6.42 Å². The SMILES string of the molecule is CCOC(=O)CCC(NO)C(=O)OCC. The summed E-state index contributed by atoms with van der Waals surface area (Å²) in [7, 11) is 0. The Morgan fingerprint density at radius 1 is 1.27 bits per heavy atom. The Kier molecular flexibility index (Phi) is 7.57. The number of ether oxygens (including phenoxy) is 2. The molecular formula is C9H17NO5. The summed E-state index contributed by atoms with van der Waals surface area (Å²) in [6.45, 7) is 3.90. The number of rotatable bonds is 7. The Morgan fingerprint density at radius 3 is 2.33 bits per heavy atom. The molecule has 0 spiro atoms. The van der Waals surface area contributed by atoms with Crippen molar-refractivity contribution in [3.8, 4) is 0 Å². The van der Waals surface area contributed by atoms with E-state index < -0.39 is 18.0 Å². The fraction of sp³-hybridized carbons (Fsp3) is 0.778. The molecule has 0 aliphatic rings. The van der Waals surface area contributed by atoms with E-state index in [2.05, 4.69) is 9.47 Å². The van der Waals surface area contributed by atoms with E-state index in [4.69, 9.17) is 5.21 Å². The van der Waals surface area contributed by atoms with E-state index >= 15 is 0 Å². The summed E-state index contributed by atoms with van der Waals surface area (Å²) < 4.78 is 9.35. The lowest BCUT2D eigenvalue weighted by molar-refractivity contribution is -0.149. The van der Waals surface area contributed by atoms with Gasteiger partial charge in [0.25, 0.3) is 0 Å². The van der Waals surface area contributed by atoms with Gasteiger partial charge in [-0.2, -0.15) is 5.48 Å². The second kappa shape index (κ2) is 8.19. The zero-order valence-corrected chi connectivity index (χ0v) is 8.99. The van der Waals surface area contributed by atoms with E-state index in [0.29, 0.717) is 6.61 Å². The standard InChI is InChI=1S/C9H17NO5/c1-3-14-8(11)6-5-7(10-13)9(12)15-4-2/h7,10,13H,3-6H2,1-2H3. The molecule has 0 amide bonds. The van der Waals surface area contributed by atoms with Crippen molar-refractivity contribution in [3.63, 3.8) is 0 Å². The van der Waals surface area contributed by atoms with Gasteiger partial charge in [0.2, 0.25) is 0 Å². The normalized spacial score (nSPS) is 11.9. The fourth-order valence-corrected chi connectivity index (χ4v) is 0.973. The molecule has 0 aromatic heterocycles. The predicted molar refractivity (Wildman–Crippen MR) is 51.2 cm³/mol. The van der Waals surface area contributed by atoms with E-state index in [-0.39, 0.29) is 19.4 Å². The molecule has 88 valence electrons. The topological polar surface area (TPSA) is 84.9 Å². The summed E-state index contributed by atoms with van der Waals surface area (Å²) in [5, 5.41) is 8.66. The van der Waals surface area contributed by atoms with E-state index in [0.717, 1.165) is 0 Å². The van der Waals surface area contributed by atoms with Crippen LogP contribution < -0.4 is 5.48 Å². The first kappa shape index (κ1) is 13.9. The maximum atomic E-state index is 11.1. The van der Waals surface area contributed by atoms with Gasteiger partial charge in [-0.05, 0) is 20.3 Å². The van der Waals surface area contributed by atoms with Crippen molar-refractivity contribution in [1.82, 2.24) is 5.48 Å². The monoisotopic (exact) mass is 219 g/mol. The van der Waals surface area contributed by atoms with E-state index in [1.54, 1.807) is 19.3 Å². The van der Waals surface area contributed by atoms with Crippen LogP contribution in [0.3, 0.4) is 0 Å². The van der Waals surface area contributed by atoms with Gasteiger partial charge < -0.3 is 14.7 Å². The van der Waals surface area contributed by atoms with E-state index in [1.807, 2.05) is 0 Å². The van der Waals surface area contributed by atoms with Crippen LogP contribution in [0.2, 0.25) is 0 Å². The van der Waals surface area contributed by atoms with Crippen molar-refractivity contribution in [2.24, 2.45) is 0 Å². The molecule has 0 bridgehead atoms. The lowest BCUT2D eigenvalue weighted by Crippen LogP contribution is -2.36. The Labute approximate surface area is 88.5 Å². The fourth-order valence-electron chi connectivity index (χ4n) is 0.973. The molecule has 2 N–H and O–H groups in total. The molecule has 0 aromatic rings. The van der Waals surface area contributed by atoms with Crippen LogP contribution in [-0.2, 0) is 19.1 Å². The summed E-state index contributed by atoms with van der Waals surface area (Å²) in [5.74, 6) is -0.980. The highest BCUT2D eigenvalue weighted by Gasteiger charge is 2.19. The third-order valence-electron chi connectivity index (χ3n) is 1.67. The van der Waals surface area contributed by atoms with E-state index in [1.165, 1.54) is 0 Å². The number of hydrogen-bond acceptors (Lipinski definition) is 6. The van der Waals surface area contributed by atoms with Gasteiger partial charge in [0.05, 0.1) is 13.2 Å². The van der Waals surface area contributed by atoms with Crippen molar-refractivity contribution in [3.05, 3.63) is 0 Å². The zero-order valence-electron chi connectivity index (χ0n) is 8.99. The highest BCUT2D eigenvalue weighted by atomic mass is 16.5. The van der Waals surface area contributed by atoms with Gasteiger partial charge in [0.1, 0.15) is 6.04 Å². The van der Waals surface area contributed by atoms with Crippen molar-refractivity contribution >= 4 is 11.9 Å². The molecule has 6 nitrogen and oxygen atoms in total. The molecule has 6 heteroatoms. The number of esters is 2. The first-order valence-electron chi connectivity index (χ1n) is 4.87. The minimum atomic E-state index is -0.880.